The number of aliphatic imine (C=N–C) groups is 1. The number of guanidine groups is 1. The van der Waals surface area contributed by atoms with Crippen molar-refractivity contribution < 1.29 is 13.2 Å². The predicted octanol–water partition coefficient (Wildman–Crippen LogP) is 3.21. The van der Waals surface area contributed by atoms with Crippen molar-refractivity contribution >= 4 is 29.9 Å². The molecule has 1 heterocycles. The Morgan fingerprint density at radius 1 is 1.32 bits per heavy atom. The van der Waals surface area contributed by atoms with Gasteiger partial charge in [0.1, 0.15) is 0 Å². The zero-order valence-electron chi connectivity index (χ0n) is 16.1. The monoisotopic (exact) mass is 510 g/mol. The van der Waals surface area contributed by atoms with Gasteiger partial charge >= 0.3 is 6.18 Å². The number of benzene rings is 1. The van der Waals surface area contributed by atoms with Crippen LogP contribution in [0.2, 0.25) is 0 Å². The number of hydrogen-bond acceptors (Lipinski definition) is 3. The molecule has 1 aromatic heterocycles. The fourth-order valence-corrected chi connectivity index (χ4v) is 2.59. The van der Waals surface area contributed by atoms with Crippen LogP contribution in [0.25, 0.3) is 5.69 Å². The van der Waals surface area contributed by atoms with E-state index in [0.29, 0.717) is 12.5 Å². The third kappa shape index (κ3) is 8.05. The Morgan fingerprint density at radius 2 is 2.07 bits per heavy atom. The maximum atomic E-state index is 12.3. The van der Waals surface area contributed by atoms with Gasteiger partial charge < -0.3 is 10.6 Å². The Bertz CT molecular complexity index is 733. The van der Waals surface area contributed by atoms with Crippen LogP contribution in [0.3, 0.4) is 0 Å². The molecule has 156 valence electrons. The summed E-state index contributed by atoms with van der Waals surface area (Å²) in [6, 6.07) is 9.75. The number of aromatic nitrogens is 2. The van der Waals surface area contributed by atoms with Crippen molar-refractivity contribution in [2.45, 2.75) is 19.1 Å². The van der Waals surface area contributed by atoms with Crippen LogP contribution in [-0.4, -0.2) is 60.5 Å². The van der Waals surface area contributed by atoms with Crippen molar-refractivity contribution in [3.8, 4) is 5.69 Å². The van der Waals surface area contributed by atoms with Gasteiger partial charge in [-0.2, -0.15) is 18.3 Å². The molecule has 2 N–H and O–H groups in total. The summed E-state index contributed by atoms with van der Waals surface area (Å²) in [6.45, 7) is 1.66. The van der Waals surface area contributed by atoms with E-state index in [1.807, 2.05) is 43.5 Å². The molecule has 0 radical (unpaired) electrons. The van der Waals surface area contributed by atoms with Crippen LogP contribution in [0.1, 0.15) is 18.5 Å². The van der Waals surface area contributed by atoms with Gasteiger partial charge in [0.15, 0.2) is 5.96 Å². The third-order valence-electron chi connectivity index (χ3n) is 3.95. The van der Waals surface area contributed by atoms with Gasteiger partial charge in [-0.3, -0.25) is 9.89 Å². The first kappa shape index (κ1) is 24.2. The van der Waals surface area contributed by atoms with Crippen molar-refractivity contribution in [3.63, 3.8) is 0 Å². The van der Waals surface area contributed by atoms with Crippen LogP contribution < -0.4 is 10.6 Å². The number of hydrogen-bond donors (Lipinski definition) is 2. The maximum Gasteiger partial charge on any atom is 0.401 e. The molecule has 1 aromatic carbocycles. The summed E-state index contributed by atoms with van der Waals surface area (Å²) in [7, 11) is 3.07. The van der Waals surface area contributed by atoms with Gasteiger partial charge in [0.05, 0.1) is 18.3 Å². The largest absolute Gasteiger partial charge is 0.401 e. The lowest BCUT2D eigenvalue weighted by Crippen LogP contribution is -2.43. The van der Waals surface area contributed by atoms with Crippen LogP contribution in [0.4, 0.5) is 13.2 Å². The van der Waals surface area contributed by atoms with Gasteiger partial charge in [0.2, 0.25) is 0 Å². The second-order valence-electron chi connectivity index (χ2n) is 6.26. The highest BCUT2D eigenvalue weighted by molar-refractivity contribution is 14.0. The van der Waals surface area contributed by atoms with Crippen molar-refractivity contribution in [1.29, 1.82) is 0 Å². The number of halogens is 4. The van der Waals surface area contributed by atoms with Crippen molar-refractivity contribution in [3.05, 3.63) is 48.3 Å². The molecular weight excluding hydrogens is 484 g/mol. The topological polar surface area (TPSA) is 57.5 Å². The van der Waals surface area contributed by atoms with E-state index in [0.717, 1.165) is 11.3 Å². The Hall–Kier alpha value is -1.82. The molecule has 0 amide bonds. The molecule has 6 nitrogen and oxygen atoms in total. The van der Waals surface area contributed by atoms with E-state index in [2.05, 4.69) is 20.7 Å². The van der Waals surface area contributed by atoms with E-state index >= 15 is 0 Å². The number of nitrogens with zero attached hydrogens (tertiary/aromatic N) is 4. The second-order valence-corrected chi connectivity index (χ2v) is 6.26. The molecule has 2 rings (SSSR count). The van der Waals surface area contributed by atoms with E-state index in [1.54, 1.807) is 17.9 Å². The molecular formula is C18H26F3IN6. The molecule has 0 spiro atoms. The number of alkyl halides is 3. The number of rotatable bonds is 7. The van der Waals surface area contributed by atoms with Crippen LogP contribution in [0, 0.1) is 0 Å². The van der Waals surface area contributed by atoms with Crippen LogP contribution >= 0.6 is 24.0 Å². The number of nitrogens with one attached hydrogen (secondary N) is 2. The van der Waals surface area contributed by atoms with Gasteiger partial charge in [-0.05, 0) is 37.7 Å². The summed E-state index contributed by atoms with van der Waals surface area (Å²) in [5, 5.41) is 10.5. The highest BCUT2D eigenvalue weighted by atomic mass is 127. The second kappa shape index (κ2) is 11.2. The molecule has 0 bridgehead atoms. The maximum absolute atomic E-state index is 12.3. The van der Waals surface area contributed by atoms with E-state index < -0.39 is 12.7 Å². The third-order valence-corrected chi connectivity index (χ3v) is 3.95. The van der Waals surface area contributed by atoms with Crippen molar-refractivity contribution in [2.24, 2.45) is 4.99 Å². The average Bonchev–Trinajstić information content (AvgIpc) is 3.14. The van der Waals surface area contributed by atoms with E-state index in [-0.39, 0.29) is 36.6 Å². The molecule has 28 heavy (non-hydrogen) atoms. The Balaban J connectivity index is 0.00000392. The van der Waals surface area contributed by atoms with E-state index in [4.69, 9.17) is 0 Å². The summed E-state index contributed by atoms with van der Waals surface area (Å²) >= 11 is 0. The Morgan fingerprint density at radius 3 is 2.68 bits per heavy atom. The average molecular weight is 510 g/mol. The summed E-state index contributed by atoms with van der Waals surface area (Å²) in [6.07, 6.45) is -0.603. The summed E-state index contributed by atoms with van der Waals surface area (Å²) < 4.78 is 38.8. The SMILES string of the molecule is CN=C(NCCN(C)CC(F)(F)F)NC(C)c1cccc(-n2cccn2)c1.I. The zero-order chi connectivity index (χ0) is 19.9. The zero-order valence-corrected chi connectivity index (χ0v) is 18.4. The Kier molecular flexibility index (Phi) is 9.73. The molecule has 0 saturated heterocycles. The lowest BCUT2D eigenvalue weighted by atomic mass is 10.1. The highest BCUT2D eigenvalue weighted by Crippen LogP contribution is 2.17. The molecule has 0 aliphatic carbocycles. The van der Waals surface area contributed by atoms with E-state index in [1.165, 1.54) is 11.9 Å². The standard InChI is InChI=1S/C18H25F3N6.HI/c1-14(15-6-4-7-16(12-15)27-10-5-8-24-27)25-17(22-2)23-9-11-26(3)13-18(19,20)21;/h4-8,10,12,14H,9,11,13H2,1-3H3,(H2,22,23,25);1H. The minimum atomic E-state index is -4.19. The molecule has 0 aliphatic heterocycles. The molecule has 10 heteroatoms. The van der Waals surface area contributed by atoms with Gasteiger partial charge in [-0.25, -0.2) is 4.68 Å². The lowest BCUT2D eigenvalue weighted by molar-refractivity contribution is -0.142. The van der Waals surface area contributed by atoms with Crippen LogP contribution in [0.15, 0.2) is 47.7 Å². The fraction of sp³-hybridized carbons (Fsp3) is 0.444. The normalized spacial score (nSPS) is 13.2. The first-order valence-corrected chi connectivity index (χ1v) is 8.61. The Labute approximate surface area is 180 Å². The van der Waals surface area contributed by atoms with Crippen LogP contribution in [-0.2, 0) is 0 Å². The van der Waals surface area contributed by atoms with Gasteiger partial charge in [-0.15, -0.1) is 24.0 Å². The van der Waals surface area contributed by atoms with Gasteiger partial charge in [0, 0.05) is 32.5 Å². The van der Waals surface area contributed by atoms with E-state index in [9.17, 15) is 13.2 Å². The smallest absolute Gasteiger partial charge is 0.355 e. The first-order valence-electron chi connectivity index (χ1n) is 8.61. The highest BCUT2D eigenvalue weighted by Gasteiger charge is 2.28. The quantitative estimate of drug-likeness (QED) is 0.342. The fourth-order valence-electron chi connectivity index (χ4n) is 2.59. The molecule has 0 aliphatic rings. The minimum Gasteiger partial charge on any atom is -0.355 e. The summed E-state index contributed by atoms with van der Waals surface area (Å²) in [4.78, 5) is 5.35. The molecule has 0 saturated carbocycles. The van der Waals surface area contributed by atoms with Crippen molar-refractivity contribution in [2.75, 3.05) is 33.7 Å². The molecule has 1 unspecified atom stereocenters. The minimum absolute atomic E-state index is 0. The van der Waals surface area contributed by atoms with Gasteiger partial charge in [0.25, 0.3) is 0 Å². The lowest BCUT2D eigenvalue weighted by Gasteiger charge is -2.21. The summed E-state index contributed by atoms with van der Waals surface area (Å²) in [5.41, 5.74) is 1.99. The summed E-state index contributed by atoms with van der Waals surface area (Å²) in [5.74, 6) is 0.535. The van der Waals surface area contributed by atoms with Gasteiger partial charge in [-0.1, -0.05) is 12.1 Å². The van der Waals surface area contributed by atoms with Crippen LogP contribution in [0.5, 0.6) is 0 Å². The first-order chi connectivity index (χ1) is 12.8. The number of likely N-dealkylation sites (N-methyl/N-ethyl adjacent to an activating group) is 1. The molecule has 2 aromatic rings. The molecule has 1 atom stereocenters. The molecule has 0 fully saturated rings. The van der Waals surface area contributed by atoms with Crippen molar-refractivity contribution in [1.82, 2.24) is 25.3 Å². The predicted molar refractivity (Wildman–Crippen MR) is 115 cm³/mol.